The monoisotopic (exact) mass is 298 g/mol. The van der Waals surface area contributed by atoms with Gasteiger partial charge in [-0.3, -0.25) is 4.98 Å². The van der Waals surface area contributed by atoms with Crippen molar-refractivity contribution in [3.63, 3.8) is 0 Å². The van der Waals surface area contributed by atoms with Crippen LogP contribution in [0.15, 0.2) is 42.7 Å². The molecule has 2 aromatic rings. The number of rotatable bonds is 2. The Morgan fingerprint density at radius 3 is 2.57 bits per heavy atom. The smallest absolute Gasteiger partial charge is 0.101 e. The number of piperazine rings is 1. The molecule has 0 unspecified atom stereocenters. The normalized spacial score (nSPS) is 14.9. The predicted octanol–water partition coefficient (Wildman–Crippen LogP) is 2.93. The maximum Gasteiger partial charge on any atom is 0.101 e. The first-order valence-corrected chi connectivity index (χ1v) is 7.25. The van der Waals surface area contributed by atoms with Crippen molar-refractivity contribution in [1.29, 1.82) is 5.26 Å². The fraction of sp³-hybridized carbons (Fsp3) is 0.250. The molecule has 0 spiro atoms. The lowest BCUT2D eigenvalue weighted by molar-refractivity contribution is 0.652. The second-order valence-corrected chi connectivity index (χ2v) is 5.40. The first-order chi connectivity index (χ1) is 10.3. The SMILES string of the molecule is N#Cc1ccncc1N1CCN(c2cccc(Cl)c2)CC1. The fourth-order valence-corrected chi connectivity index (χ4v) is 2.80. The van der Waals surface area contributed by atoms with Gasteiger partial charge in [0.2, 0.25) is 0 Å². The van der Waals surface area contributed by atoms with E-state index in [-0.39, 0.29) is 0 Å². The van der Waals surface area contributed by atoms with E-state index in [4.69, 9.17) is 11.6 Å². The summed E-state index contributed by atoms with van der Waals surface area (Å²) >= 11 is 6.05. The van der Waals surface area contributed by atoms with Gasteiger partial charge in [-0.25, -0.2) is 0 Å². The van der Waals surface area contributed by atoms with E-state index in [1.54, 1.807) is 18.5 Å². The summed E-state index contributed by atoms with van der Waals surface area (Å²) in [6.07, 6.45) is 3.43. The molecule has 0 aliphatic carbocycles. The lowest BCUT2D eigenvalue weighted by Crippen LogP contribution is -2.46. The predicted molar refractivity (Wildman–Crippen MR) is 84.8 cm³/mol. The first kappa shape index (κ1) is 13.7. The Kier molecular flexibility index (Phi) is 3.94. The number of hydrogen-bond acceptors (Lipinski definition) is 4. The third-order valence-electron chi connectivity index (χ3n) is 3.71. The zero-order valence-corrected chi connectivity index (χ0v) is 12.3. The molecule has 0 atom stereocenters. The molecule has 1 aliphatic heterocycles. The largest absolute Gasteiger partial charge is 0.368 e. The third kappa shape index (κ3) is 2.93. The summed E-state index contributed by atoms with van der Waals surface area (Å²) in [5.41, 5.74) is 2.75. The zero-order chi connectivity index (χ0) is 14.7. The van der Waals surface area contributed by atoms with Crippen LogP contribution in [0.4, 0.5) is 11.4 Å². The molecule has 5 heteroatoms. The molecule has 1 saturated heterocycles. The molecule has 0 radical (unpaired) electrons. The fourth-order valence-electron chi connectivity index (χ4n) is 2.61. The molecule has 1 fully saturated rings. The zero-order valence-electron chi connectivity index (χ0n) is 11.5. The van der Waals surface area contributed by atoms with Crippen molar-refractivity contribution in [3.8, 4) is 6.07 Å². The van der Waals surface area contributed by atoms with Crippen LogP contribution in [0.3, 0.4) is 0 Å². The molecular weight excluding hydrogens is 284 g/mol. The summed E-state index contributed by atoms with van der Waals surface area (Å²) in [7, 11) is 0. The highest BCUT2D eigenvalue weighted by Crippen LogP contribution is 2.24. The van der Waals surface area contributed by atoms with Crippen molar-refractivity contribution >= 4 is 23.0 Å². The van der Waals surface area contributed by atoms with Crippen LogP contribution in [-0.2, 0) is 0 Å². The van der Waals surface area contributed by atoms with Crippen molar-refractivity contribution in [1.82, 2.24) is 4.98 Å². The standard InChI is InChI=1S/C16H15ClN4/c17-14-2-1-3-15(10-14)20-6-8-21(9-7-20)16-12-19-5-4-13(16)11-18/h1-5,10,12H,6-9H2. The van der Waals surface area contributed by atoms with Gasteiger partial charge in [-0.05, 0) is 24.3 Å². The van der Waals surface area contributed by atoms with Gasteiger partial charge >= 0.3 is 0 Å². The molecule has 1 aliphatic rings. The van der Waals surface area contributed by atoms with Crippen LogP contribution in [0.25, 0.3) is 0 Å². The second-order valence-electron chi connectivity index (χ2n) is 4.96. The molecule has 1 aromatic heterocycles. The average molecular weight is 299 g/mol. The lowest BCUT2D eigenvalue weighted by atomic mass is 10.2. The van der Waals surface area contributed by atoms with Crippen molar-refractivity contribution in [2.75, 3.05) is 36.0 Å². The lowest BCUT2D eigenvalue weighted by Gasteiger charge is -2.37. The second kappa shape index (κ2) is 6.02. The van der Waals surface area contributed by atoms with Gasteiger partial charge in [0.25, 0.3) is 0 Å². The van der Waals surface area contributed by atoms with Gasteiger partial charge in [0, 0.05) is 43.1 Å². The van der Waals surface area contributed by atoms with Crippen LogP contribution >= 0.6 is 11.6 Å². The Morgan fingerprint density at radius 1 is 1.10 bits per heavy atom. The van der Waals surface area contributed by atoms with Gasteiger partial charge in [-0.1, -0.05) is 17.7 Å². The van der Waals surface area contributed by atoms with E-state index in [0.29, 0.717) is 5.56 Å². The van der Waals surface area contributed by atoms with Gasteiger partial charge in [-0.2, -0.15) is 5.26 Å². The van der Waals surface area contributed by atoms with E-state index in [0.717, 1.165) is 42.6 Å². The summed E-state index contributed by atoms with van der Waals surface area (Å²) in [6.45, 7) is 3.54. The summed E-state index contributed by atoms with van der Waals surface area (Å²) in [4.78, 5) is 8.66. The quantitative estimate of drug-likeness (QED) is 0.855. The molecule has 4 nitrogen and oxygen atoms in total. The maximum atomic E-state index is 9.18. The molecule has 2 heterocycles. The Balaban J connectivity index is 1.72. The molecule has 3 rings (SSSR count). The van der Waals surface area contributed by atoms with Crippen LogP contribution in [0, 0.1) is 11.3 Å². The summed E-state index contributed by atoms with van der Waals surface area (Å²) in [5.74, 6) is 0. The van der Waals surface area contributed by atoms with Crippen LogP contribution in [0.1, 0.15) is 5.56 Å². The van der Waals surface area contributed by atoms with Gasteiger partial charge in [0.1, 0.15) is 6.07 Å². The number of nitriles is 1. The highest BCUT2D eigenvalue weighted by molar-refractivity contribution is 6.30. The minimum absolute atomic E-state index is 0.682. The number of aromatic nitrogens is 1. The highest BCUT2D eigenvalue weighted by atomic mass is 35.5. The molecule has 0 saturated carbocycles. The molecule has 1 aromatic carbocycles. The number of pyridine rings is 1. The molecular formula is C16H15ClN4. The third-order valence-corrected chi connectivity index (χ3v) is 3.95. The number of nitrogens with zero attached hydrogens (tertiary/aromatic N) is 4. The maximum absolute atomic E-state index is 9.18. The average Bonchev–Trinajstić information content (AvgIpc) is 2.55. The Bertz CT molecular complexity index is 672. The minimum Gasteiger partial charge on any atom is -0.368 e. The van der Waals surface area contributed by atoms with E-state index in [1.807, 2.05) is 18.2 Å². The van der Waals surface area contributed by atoms with E-state index in [2.05, 4.69) is 26.9 Å². The van der Waals surface area contributed by atoms with Crippen molar-refractivity contribution < 1.29 is 0 Å². The van der Waals surface area contributed by atoms with Crippen molar-refractivity contribution in [2.24, 2.45) is 0 Å². The summed E-state index contributed by atoms with van der Waals surface area (Å²) in [5, 5.41) is 9.94. The molecule has 0 bridgehead atoms. The van der Waals surface area contributed by atoms with Crippen LogP contribution in [-0.4, -0.2) is 31.2 Å². The van der Waals surface area contributed by atoms with Crippen LogP contribution in [0.2, 0.25) is 5.02 Å². The van der Waals surface area contributed by atoms with E-state index >= 15 is 0 Å². The molecule has 0 N–H and O–H groups in total. The Labute approximate surface area is 129 Å². The number of anilines is 2. The Hall–Kier alpha value is -2.25. The number of benzene rings is 1. The molecule has 0 amide bonds. The Morgan fingerprint density at radius 2 is 1.86 bits per heavy atom. The minimum atomic E-state index is 0.682. The van der Waals surface area contributed by atoms with Crippen molar-refractivity contribution in [2.45, 2.75) is 0 Å². The number of halogens is 1. The van der Waals surface area contributed by atoms with E-state index in [1.165, 1.54) is 0 Å². The van der Waals surface area contributed by atoms with Gasteiger partial charge in [-0.15, -0.1) is 0 Å². The van der Waals surface area contributed by atoms with Gasteiger partial charge in [0.05, 0.1) is 17.4 Å². The summed E-state index contributed by atoms with van der Waals surface area (Å²) < 4.78 is 0. The highest BCUT2D eigenvalue weighted by Gasteiger charge is 2.19. The molecule has 106 valence electrons. The van der Waals surface area contributed by atoms with E-state index < -0.39 is 0 Å². The van der Waals surface area contributed by atoms with Crippen LogP contribution in [0.5, 0.6) is 0 Å². The first-order valence-electron chi connectivity index (χ1n) is 6.87. The topological polar surface area (TPSA) is 43.2 Å². The van der Waals surface area contributed by atoms with Gasteiger partial charge in [0.15, 0.2) is 0 Å². The number of hydrogen-bond donors (Lipinski definition) is 0. The summed E-state index contributed by atoms with van der Waals surface area (Å²) in [6, 6.07) is 11.9. The van der Waals surface area contributed by atoms with Gasteiger partial charge < -0.3 is 9.80 Å². The molecule has 21 heavy (non-hydrogen) atoms. The van der Waals surface area contributed by atoms with Crippen molar-refractivity contribution in [3.05, 3.63) is 53.3 Å². The van der Waals surface area contributed by atoms with Crippen LogP contribution < -0.4 is 9.80 Å². The van der Waals surface area contributed by atoms with E-state index in [9.17, 15) is 5.26 Å².